The summed E-state index contributed by atoms with van der Waals surface area (Å²) in [5.41, 5.74) is 1.58. The molecular weight excluding hydrogens is 316 g/mol. The molecule has 2 aliphatic rings. The second-order valence-corrected chi connectivity index (χ2v) is 7.20. The van der Waals surface area contributed by atoms with Gasteiger partial charge in [0, 0.05) is 18.2 Å². The normalized spacial score (nSPS) is 21.2. The van der Waals surface area contributed by atoms with Gasteiger partial charge < -0.3 is 10.2 Å². The quantitative estimate of drug-likeness (QED) is 0.856. The van der Waals surface area contributed by atoms with Crippen LogP contribution < -0.4 is 5.32 Å². The van der Waals surface area contributed by atoms with Gasteiger partial charge in [-0.1, -0.05) is 37.0 Å². The van der Waals surface area contributed by atoms with Crippen LogP contribution in [0.2, 0.25) is 0 Å². The summed E-state index contributed by atoms with van der Waals surface area (Å²) in [6, 6.07) is 6.83. The number of nitrogens with zero attached hydrogens (tertiary/aromatic N) is 1. The van der Waals surface area contributed by atoms with Crippen molar-refractivity contribution in [2.24, 2.45) is 0 Å². The molecule has 1 aromatic carbocycles. The van der Waals surface area contributed by atoms with Crippen molar-refractivity contribution in [1.82, 2.24) is 10.2 Å². The van der Waals surface area contributed by atoms with Gasteiger partial charge >= 0.3 is 0 Å². The molecule has 1 aliphatic carbocycles. The van der Waals surface area contributed by atoms with Gasteiger partial charge in [-0.25, -0.2) is 0 Å². The molecule has 0 spiro atoms. The molecule has 1 aliphatic heterocycles. The number of Topliss-reactive ketones (excluding diaryl/α,β-unsaturated/α-hetero) is 1. The zero-order valence-corrected chi connectivity index (χ0v) is 14.8. The van der Waals surface area contributed by atoms with Crippen LogP contribution in [-0.2, 0) is 9.59 Å². The minimum absolute atomic E-state index is 0.104. The SMILES string of the molecule is Cc1cccc(C(=O)N2CCC[C@H]2C(=O)C(=O)NC2CCCCC2)c1. The van der Waals surface area contributed by atoms with E-state index in [1.165, 1.54) is 6.42 Å². The molecule has 134 valence electrons. The third kappa shape index (κ3) is 4.09. The first kappa shape index (κ1) is 17.6. The maximum absolute atomic E-state index is 12.8. The summed E-state index contributed by atoms with van der Waals surface area (Å²) in [7, 11) is 0. The highest BCUT2D eigenvalue weighted by molar-refractivity contribution is 6.38. The molecular formula is C20H26N2O3. The fraction of sp³-hybridized carbons (Fsp3) is 0.550. The first-order chi connectivity index (χ1) is 12.1. The van der Waals surface area contributed by atoms with Gasteiger partial charge in [-0.15, -0.1) is 0 Å². The Bertz CT molecular complexity index is 665. The lowest BCUT2D eigenvalue weighted by Crippen LogP contribution is -2.49. The van der Waals surface area contributed by atoms with Crippen molar-refractivity contribution in [3.05, 3.63) is 35.4 Å². The van der Waals surface area contributed by atoms with Gasteiger partial charge in [0.15, 0.2) is 0 Å². The number of hydrogen-bond acceptors (Lipinski definition) is 3. The van der Waals surface area contributed by atoms with Crippen molar-refractivity contribution in [1.29, 1.82) is 0 Å². The van der Waals surface area contributed by atoms with Crippen LogP contribution in [0.15, 0.2) is 24.3 Å². The Labute approximate surface area is 148 Å². The van der Waals surface area contributed by atoms with E-state index in [0.29, 0.717) is 18.5 Å². The summed E-state index contributed by atoms with van der Waals surface area (Å²) in [6.07, 6.45) is 6.59. The van der Waals surface area contributed by atoms with Gasteiger partial charge in [0.1, 0.15) is 6.04 Å². The number of hydrogen-bond donors (Lipinski definition) is 1. The number of rotatable bonds is 4. The first-order valence-corrected chi connectivity index (χ1v) is 9.28. The van der Waals surface area contributed by atoms with Gasteiger partial charge in [0.25, 0.3) is 11.8 Å². The Kier molecular flexibility index (Phi) is 5.51. The molecule has 0 bridgehead atoms. The lowest BCUT2D eigenvalue weighted by Gasteiger charge is -2.26. The summed E-state index contributed by atoms with van der Waals surface area (Å²) in [6.45, 7) is 2.46. The van der Waals surface area contributed by atoms with Gasteiger partial charge in [-0.05, 0) is 44.7 Å². The van der Waals surface area contributed by atoms with Gasteiger partial charge in [-0.3, -0.25) is 14.4 Å². The third-order valence-corrected chi connectivity index (χ3v) is 5.25. The molecule has 2 amide bonds. The van der Waals surface area contributed by atoms with E-state index >= 15 is 0 Å². The predicted octanol–water partition coefficient (Wildman–Crippen LogP) is 2.62. The van der Waals surface area contributed by atoms with Gasteiger partial charge in [0.2, 0.25) is 5.78 Å². The Hall–Kier alpha value is -2.17. The van der Waals surface area contributed by atoms with Crippen LogP contribution in [0.25, 0.3) is 0 Å². The predicted molar refractivity (Wildman–Crippen MR) is 95.3 cm³/mol. The lowest BCUT2D eigenvalue weighted by atomic mass is 9.95. The van der Waals surface area contributed by atoms with E-state index in [1.54, 1.807) is 11.0 Å². The molecule has 2 fully saturated rings. The molecule has 0 aromatic heterocycles. The van der Waals surface area contributed by atoms with Crippen LogP contribution >= 0.6 is 0 Å². The molecule has 1 saturated carbocycles. The number of amides is 2. The molecule has 1 aromatic rings. The van der Waals surface area contributed by atoms with Gasteiger partial charge in [0.05, 0.1) is 0 Å². The van der Waals surface area contributed by atoms with Crippen LogP contribution in [0.4, 0.5) is 0 Å². The number of ketones is 1. The highest BCUT2D eigenvalue weighted by Crippen LogP contribution is 2.22. The highest BCUT2D eigenvalue weighted by atomic mass is 16.2. The van der Waals surface area contributed by atoms with E-state index in [2.05, 4.69) is 5.32 Å². The van der Waals surface area contributed by atoms with Crippen molar-refractivity contribution < 1.29 is 14.4 Å². The van der Waals surface area contributed by atoms with Crippen molar-refractivity contribution >= 4 is 17.6 Å². The Morgan fingerprint density at radius 3 is 2.52 bits per heavy atom. The van der Waals surface area contributed by atoms with Crippen LogP contribution in [0.3, 0.4) is 0 Å². The first-order valence-electron chi connectivity index (χ1n) is 9.28. The second kappa shape index (κ2) is 7.81. The molecule has 1 atom stereocenters. The molecule has 3 rings (SSSR count). The van der Waals surface area contributed by atoms with E-state index in [-0.39, 0.29) is 11.9 Å². The smallest absolute Gasteiger partial charge is 0.289 e. The summed E-state index contributed by atoms with van der Waals surface area (Å²) < 4.78 is 0. The third-order valence-electron chi connectivity index (χ3n) is 5.25. The molecule has 1 N–H and O–H groups in total. The summed E-state index contributed by atoms with van der Waals surface area (Å²) in [5, 5.41) is 2.88. The number of nitrogens with one attached hydrogen (secondary N) is 1. The lowest BCUT2D eigenvalue weighted by molar-refractivity contribution is -0.140. The molecule has 0 unspecified atom stereocenters. The molecule has 5 heteroatoms. The molecule has 1 heterocycles. The van der Waals surface area contributed by atoms with Crippen molar-refractivity contribution in [3.63, 3.8) is 0 Å². The second-order valence-electron chi connectivity index (χ2n) is 7.20. The number of likely N-dealkylation sites (tertiary alicyclic amines) is 1. The van der Waals surface area contributed by atoms with Crippen LogP contribution in [0, 0.1) is 6.92 Å². The maximum Gasteiger partial charge on any atom is 0.289 e. The number of carbonyl (C=O) groups is 3. The molecule has 5 nitrogen and oxygen atoms in total. The highest BCUT2D eigenvalue weighted by Gasteiger charge is 2.38. The van der Waals surface area contributed by atoms with Crippen molar-refractivity contribution in [2.45, 2.75) is 64.0 Å². The molecule has 25 heavy (non-hydrogen) atoms. The monoisotopic (exact) mass is 342 g/mol. The zero-order valence-electron chi connectivity index (χ0n) is 14.8. The topological polar surface area (TPSA) is 66.5 Å². The van der Waals surface area contributed by atoms with Crippen molar-refractivity contribution in [2.75, 3.05) is 6.54 Å². The minimum Gasteiger partial charge on any atom is -0.347 e. The zero-order chi connectivity index (χ0) is 17.8. The Morgan fingerprint density at radius 1 is 1.04 bits per heavy atom. The summed E-state index contributed by atoms with van der Waals surface area (Å²) in [5.74, 6) is -1.16. The maximum atomic E-state index is 12.8. The largest absolute Gasteiger partial charge is 0.347 e. The Morgan fingerprint density at radius 2 is 1.80 bits per heavy atom. The average molecular weight is 342 g/mol. The van der Waals surface area contributed by atoms with Crippen LogP contribution in [0.5, 0.6) is 0 Å². The fourth-order valence-corrected chi connectivity index (χ4v) is 3.88. The minimum atomic E-state index is -0.628. The van der Waals surface area contributed by atoms with E-state index in [1.807, 2.05) is 25.1 Å². The van der Waals surface area contributed by atoms with E-state index in [0.717, 1.165) is 37.7 Å². The number of carbonyl (C=O) groups excluding carboxylic acids is 3. The molecule has 0 radical (unpaired) electrons. The number of aryl methyl sites for hydroxylation is 1. The standard InChI is InChI=1S/C20H26N2O3/c1-14-7-5-8-15(13-14)20(25)22-12-6-11-17(22)18(23)19(24)21-16-9-3-2-4-10-16/h5,7-8,13,16-17H,2-4,6,9-12H2,1H3,(H,21,24)/t17-/m0/s1. The molecule has 1 saturated heterocycles. The van der Waals surface area contributed by atoms with E-state index < -0.39 is 17.7 Å². The van der Waals surface area contributed by atoms with E-state index in [9.17, 15) is 14.4 Å². The van der Waals surface area contributed by atoms with Crippen LogP contribution in [0.1, 0.15) is 60.9 Å². The van der Waals surface area contributed by atoms with Crippen molar-refractivity contribution in [3.8, 4) is 0 Å². The number of benzene rings is 1. The van der Waals surface area contributed by atoms with E-state index in [4.69, 9.17) is 0 Å². The summed E-state index contributed by atoms with van der Waals surface area (Å²) >= 11 is 0. The fourth-order valence-electron chi connectivity index (χ4n) is 3.88. The van der Waals surface area contributed by atoms with Gasteiger partial charge in [-0.2, -0.15) is 0 Å². The summed E-state index contributed by atoms with van der Waals surface area (Å²) in [4.78, 5) is 39.3. The Balaban J connectivity index is 1.66. The average Bonchev–Trinajstić information content (AvgIpc) is 3.11. The van der Waals surface area contributed by atoms with Crippen LogP contribution in [-0.4, -0.2) is 41.1 Å².